The number of ether oxygens (including phenoxy) is 1. The van der Waals surface area contributed by atoms with E-state index in [4.69, 9.17) is 4.74 Å². The smallest absolute Gasteiger partial charge is 0.0562 e. The molecule has 0 aliphatic carbocycles. The van der Waals surface area contributed by atoms with Gasteiger partial charge in [-0.15, -0.1) is 0 Å². The van der Waals surface area contributed by atoms with Gasteiger partial charge < -0.3 is 10.1 Å². The summed E-state index contributed by atoms with van der Waals surface area (Å²) in [6.07, 6.45) is 1.30. The maximum absolute atomic E-state index is 5.42. The van der Waals surface area contributed by atoms with E-state index < -0.39 is 0 Å². The molecular weight excluding hydrogens is 162 g/mol. The standard InChI is InChI=1S/C11H21NO/c1-9(2)10(3)4-5-12-6-11(10)7-13-8-11/h9,12H,4-8H2,1-3H3. The van der Waals surface area contributed by atoms with E-state index in [0.29, 0.717) is 10.8 Å². The third-order valence-corrected chi connectivity index (χ3v) is 4.53. The van der Waals surface area contributed by atoms with Gasteiger partial charge in [-0.2, -0.15) is 0 Å². The molecule has 0 saturated carbocycles. The van der Waals surface area contributed by atoms with Crippen molar-refractivity contribution in [2.75, 3.05) is 26.3 Å². The predicted octanol–water partition coefficient (Wildman–Crippen LogP) is 1.66. The molecule has 0 radical (unpaired) electrons. The zero-order valence-corrected chi connectivity index (χ0v) is 9.02. The second kappa shape index (κ2) is 2.96. The number of hydrogen-bond donors (Lipinski definition) is 1. The van der Waals surface area contributed by atoms with Crippen LogP contribution in [0.1, 0.15) is 27.2 Å². The van der Waals surface area contributed by atoms with Crippen LogP contribution in [0.25, 0.3) is 0 Å². The highest BCUT2D eigenvalue weighted by molar-refractivity contribution is 5.05. The van der Waals surface area contributed by atoms with Gasteiger partial charge >= 0.3 is 0 Å². The highest BCUT2D eigenvalue weighted by atomic mass is 16.5. The van der Waals surface area contributed by atoms with Crippen LogP contribution in [0.15, 0.2) is 0 Å². The summed E-state index contributed by atoms with van der Waals surface area (Å²) in [4.78, 5) is 0. The molecular formula is C11H21NO. The molecule has 2 heterocycles. The van der Waals surface area contributed by atoms with Gasteiger partial charge in [0.1, 0.15) is 0 Å². The summed E-state index contributed by atoms with van der Waals surface area (Å²) in [7, 11) is 0. The normalized spacial score (nSPS) is 37.8. The molecule has 1 atom stereocenters. The van der Waals surface area contributed by atoms with Crippen LogP contribution in [0.2, 0.25) is 0 Å². The Hall–Kier alpha value is -0.0800. The lowest BCUT2D eigenvalue weighted by molar-refractivity contribution is -0.204. The van der Waals surface area contributed by atoms with Gasteiger partial charge in [0, 0.05) is 12.0 Å². The Kier molecular flexibility index (Phi) is 2.16. The number of hydrogen-bond acceptors (Lipinski definition) is 2. The molecule has 2 rings (SSSR count). The molecule has 2 aliphatic rings. The van der Waals surface area contributed by atoms with Crippen molar-refractivity contribution in [1.29, 1.82) is 0 Å². The topological polar surface area (TPSA) is 21.3 Å². The highest BCUT2D eigenvalue weighted by Gasteiger charge is 2.55. The van der Waals surface area contributed by atoms with Crippen molar-refractivity contribution in [1.82, 2.24) is 5.32 Å². The molecule has 0 aromatic carbocycles. The van der Waals surface area contributed by atoms with Crippen LogP contribution >= 0.6 is 0 Å². The van der Waals surface area contributed by atoms with E-state index in [-0.39, 0.29) is 0 Å². The van der Waals surface area contributed by atoms with Crippen LogP contribution in [0.4, 0.5) is 0 Å². The van der Waals surface area contributed by atoms with Crippen molar-refractivity contribution >= 4 is 0 Å². The molecule has 2 aliphatic heterocycles. The molecule has 2 saturated heterocycles. The van der Waals surface area contributed by atoms with E-state index in [1.165, 1.54) is 13.0 Å². The SMILES string of the molecule is CC(C)C1(C)CCNCC12COC2. The van der Waals surface area contributed by atoms with Gasteiger partial charge in [-0.05, 0) is 24.3 Å². The van der Waals surface area contributed by atoms with Crippen LogP contribution < -0.4 is 5.32 Å². The lowest BCUT2D eigenvalue weighted by atomic mass is 9.55. The zero-order valence-electron chi connectivity index (χ0n) is 9.02. The van der Waals surface area contributed by atoms with E-state index in [2.05, 4.69) is 26.1 Å². The van der Waals surface area contributed by atoms with Crippen LogP contribution in [-0.4, -0.2) is 26.3 Å². The fourth-order valence-electron chi connectivity index (χ4n) is 2.82. The number of piperidine rings is 1. The van der Waals surface area contributed by atoms with E-state index in [1.54, 1.807) is 0 Å². The Bertz CT molecular complexity index is 198. The fraction of sp³-hybridized carbons (Fsp3) is 1.00. The maximum atomic E-state index is 5.42. The quantitative estimate of drug-likeness (QED) is 0.667. The summed E-state index contributed by atoms with van der Waals surface area (Å²) < 4.78 is 5.42. The van der Waals surface area contributed by atoms with Gasteiger partial charge in [-0.25, -0.2) is 0 Å². The van der Waals surface area contributed by atoms with Crippen molar-refractivity contribution in [3.05, 3.63) is 0 Å². The van der Waals surface area contributed by atoms with Gasteiger partial charge in [0.25, 0.3) is 0 Å². The summed E-state index contributed by atoms with van der Waals surface area (Å²) in [5, 5.41) is 3.51. The lowest BCUT2D eigenvalue weighted by Crippen LogP contribution is -2.64. The molecule has 1 spiro atoms. The molecule has 2 heteroatoms. The first-order valence-electron chi connectivity index (χ1n) is 5.39. The summed E-state index contributed by atoms with van der Waals surface area (Å²) >= 11 is 0. The summed E-state index contributed by atoms with van der Waals surface area (Å²) in [5.74, 6) is 0.762. The third-order valence-electron chi connectivity index (χ3n) is 4.53. The lowest BCUT2D eigenvalue weighted by Gasteiger charge is -2.59. The van der Waals surface area contributed by atoms with Gasteiger partial charge in [0.15, 0.2) is 0 Å². The van der Waals surface area contributed by atoms with Crippen LogP contribution in [0, 0.1) is 16.7 Å². The Morgan fingerprint density at radius 1 is 1.31 bits per heavy atom. The minimum Gasteiger partial charge on any atom is -0.380 e. The van der Waals surface area contributed by atoms with E-state index in [1.807, 2.05) is 0 Å². The first-order valence-corrected chi connectivity index (χ1v) is 5.39. The first kappa shape index (κ1) is 9.47. The third kappa shape index (κ3) is 1.15. The Balaban J connectivity index is 2.22. The van der Waals surface area contributed by atoms with Crippen LogP contribution in [0.3, 0.4) is 0 Å². The fourth-order valence-corrected chi connectivity index (χ4v) is 2.82. The zero-order chi connectivity index (χ0) is 9.53. The molecule has 76 valence electrons. The Morgan fingerprint density at radius 2 is 2.00 bits per heavy atom. The van der Waals surface area contributed by atoms with Gasteiger partial charge in [-0.1, -0.05) is 20.8 Å². The molecule has 0 aromatic heterocycles. The second-order valence-corrected chi connectivity index (χ2v) is 5.27. The molecule has 1 N–H and O–H groups in total. The molecule has 0 bridgehead atoms. The molecule has 2 fully saturated rings. The van der Waals surface area contributed by atoms with Gasteiger partial charge in [0.2, 0.25) is 0 Å². The molecule has 2 nitrogen and oxygen atoms in total. The van der Waals surface area contributed by atoms with Crippen LogP contribution in [-0.2, 0) is 4.74 Å². The minimum absolute atomic E-state index is 0.444. The van der Waals surface area contributed by atoms with Gasteiger partial charge in [0.05, 0.1) is 13.2 Å². The number of nitrogens with one attached hydrogen (secondary N) is 1. The monoisotopic (exact) mass is 183 g/mol. The molecule has 0 aromatic rings. The average molecular weight is 183 g/mol. The predicted molar refractivity (Wildman–Crippen MR) is 53.7 cm³/mol. The summed E-state index contributed by atoms with van der Waals surface area (Å²) in [5.41, 5.74) is 0.927. The Labute approximate surface area is 81.0 Å². The van der Waals surface area contributed by atoms with Crippen molar-refractivity contribution in [3.8, 4) is 0 Å². The van der Waals surface area contributed by atoms with E-state index in [9.17, 15) is 0 Å². The van der Waals surface area contributed by atoms with E-state index >= 15 is 0 Å². The van der Waals surface area contributed by atoms with Gasteiger partial charge in [-0.3, -0.25) is 0 Å². The molecule has 1 unspecified atom stereocenters. The summed E-state index contributed by atoms with van der Waals surface area (Å²) in [6.45, 7) is 11.4. The van der Waals surface area contributed by atoms with E-state index in [0.717, 1.165) is 25.7 Å². The maximum Gasteiger partial charge on any atom is 0.0562 e. The Morgan fingerprint density at radius 3 is 2.38 bits per heavy atom. The summed E-state index contributed by atoms with van der Waals surface area (Å²) in [6, 6.07) is 0. The van der Waals surface area contributed by atoms with Crippen LogP contribution in [0.5, 0.6) is 0 Å². The minimum atomic E-state index is 0.444. The van der Waals surface area contributed by atoms with Crippen molar-refractivity contribution in [2.45, 2.75) is 27.2 Å². The van der Waals surface area contributed by atoms with Crippen molar-refractivity contribution in [2.24, 2.45) is 16.7 Å². The first-order chi connectivity index (χ1) is 6.11. The molecule has 13 heavy (non-hydrogen) atoms. The van der Waals surface area contributed by atoms with Crippen molar-refractivity contribution in [3.63, 3.8) is 0 Å². The van der Waals surface area contributed by atoms with Crippen molar-refractivity contribution < 1.29 is 4.74 Å². The average Bonchev–Trinajstić information content (AvgIpc) is 2.02. The number of rotatable bonds is 1. The highest BCUT2D eigenvalue weighted by Crippen LogP contribution is 2.53. The molecule has 0 amide bonds. The second-order valence-electron chi connectivity index (χ2n) is 5.27. The largest absolute Gasteiger partial charge is 0.380 e.